The van der Waals surface area contributed by atoms with E-state index in [1.54, 1.807) is 0 Å². The molecular weight excluding hydrogens is 412 g/mol. The number of carbonyl (C=O) groups is 1. The lowest BCUT2D eigenvalue weighted by Crippen LogP contribution is -2.11. The lowest BCUT2D eigenvalue weighted by molar-refractivity contribution is 0.0501. The number of ether oxygens (including phenoxy) is 1. The molecule has 0 saturated heterocycles. The van der Waals surface area contributed by atoms with Crippen LogP contribution in [-0.4, -0.2) is 27.1 Å². The summed E-state index contributed by atoms with van der Waals surface area (Å²) in [5, 5.41) is 0.659. The summed E-state index contributed by atoms with van der Waals surface area (Å²) in [6, 6.07) is 15.1. The van der Waals surface area contributed by atoms with Crippen LogP contribution in [0.4, 0.5) is 5.82 Å². The molecule has 0 spiro atoms. The smallest absolute Gasteiger partial charge is 0.344 e. The first kappa shape index (κ1) is 21.1. The third kappa shape index (κ3) is 4.49. The van der Waals surface area contributed by atoms with Gasteiger partial charge < -0.3 is 15.0 Å². The molecule has 4 rings (SSSR count). The Kier molecular flexibility index (Phi) is 6.37. The first-order valence-corrected chi connectivity index (χ1v) is 10.9. The number of unbranched alkanes of at least 4 members (excludes halogenated alkanes) is 3. The standard InChI is InChI=1S/C24H25ClN4O2/c1-2-3-4-7-14-31-24(30)20-21-23(28-19-9-6-5-8-18(19)27-21)29(22(20)26)15-16-10-12-17(25)13-11-16/h5-6,8-13H,2-4,7,14-15,26H2,1H3. The zero-order valence-corrected chi connectivity index (χ0v) is 18.2. The van der Waals surface area contributed by atoms with Gasteiger partial charge >= 0.3 is 5.97 Å². The maximum Gasteiger partial charge on any atom is 0.344 e. The van der Waals surface area contributed by atoms with Crippen LogP contribution in [0.15, 0.2) is 48.5 Å². The van der Waals surface area contributed by atoms with Crippen LogP contribution in [0.25, 0.3) is 22.2 Å². The van der Waals surface area contributed by atoms with Gasteiger partial charge in [0.2, 0.25) is 0 Å². The number of anilines is 1. The normalized spacial score (nSPS) is 11.3. The molecule has 0 saturated carbocycles. The van der Waals surface area contributed by atoms with Crippen molar-refractivity contribution in [3.8, 4) is 0 Å². The molecule has 2 aromatic carbocycles. The molecule has 2 heterocycles. The molecule has 2 N–H and O–H groups in total. The molecule has 160 valence electrons. The summed E-state index contributed by atoms with van der Waals surface area (Å²) in [4.78, 5) is 22.4. The monoisotopic (exact) mass is 436 g/mol. The van der Waals surface area contributed by atoms with E-state index in [2.05, 4.69) is 6.92 Å². The highest BCUT2D eigenvalue weighted by molar-refractivity contribution is 6.30. The number of aromatic nitrogens is 3. The van der Waals surface area contributed by atoms with Crippen molar-refractivity contribution in [2.45, 2.75) is 39.2 Å². The Labute approximate surface area is 186 Å². The van der Waals surface area contributed by atoms with E-state index in [0.29, 0.717) is 40.7 Å². The summed E-state index contributed by atoms with van der Waals surface area (Å²) in [6.45, 7) is 2.95. The SMILES string of the molecule is CCCCCCOC(=O)c1c(N)n(Cc2ccc(Cl)cc2)c2nc3ccccc3nc12. The highest BCUT2D eigenvalue weighted by Crippen LogP contribution is 2.29. The van der Waals surface area contributed by atoms with E-state index in [4.69, 9.17) is 32.0 Å². The number of nitrogens with zero attached hydrogens (tertiary/aromatic N) is 3. The van der Waals surface area contributed by atoms with Crippen LogP contribution in [0.3, 0.4) is 0 Å². The first-order chi connectivity index (χ1) is 15.1. The van der Waals surface area contributed by atoms with Gasteiger partial charge in [-0.2, -0.15) is 0 Å². The molecule has 0 radical (unpaired) electrons. The number of nitrogen functional groups attached to an aromatic ring is 1. The van der Waals surface area contributed by atoms with E-state index in [-0.39, 0.29) is 5.56 Å². The van der Waals surface area contributed by atoms with E-state index in [1.165, 1.54) is 0 Å². The van der Waals surface area contributed by atoms with Crippen molar-refractivity contribution in [1.82, 2.24) is 14.5 Å². The van der Waals surface area contributed by atoms with Crippen LogP contribution in [0.1, 0.15) is 48.5 Å². The number of esters is 1. The third-order valence-electron chi connectivity index (χ3n) is 5.28. The third-order valence-corrected chi connectivity index (χ3v) is 5.53. The summed E-state index contributed by atoms with van der Waals surface area (Å²) < 4.78 is 7.35. The van der Waals surface area contributed by atoms with Gasteiger partial charge in [0.15, 0.2) is 5.65 Å². The summed E-state index contributed by atoms with van der Waals surface area (Å²) in [7, 11) is 0. The average molecular weight is 437 g/mol. The van der Waals surface area contributed by atoms with Gasteiger partial charge in [-0.05, 0) is 36.2 Å². The minimum atomic E-state index is -0.460. The number of rotatable bonds is 8. The second-order valence-corrected chi connectivity index (χ2v) is 7.99. The van der Waals surface area contributed by atoms with Crippen molar-refractivity contribution < 1.29 is 9.53 Å². The molecular formula is C24H25ClN4O2. The first-order valence-electron chi connectivity index (χ1n) is 10.5. The Morgan fingerprint density at radius 3 is 2.45 bits per heavy atom. The van der Waals surface area contributed by atoms with Gasteiger partial charge in [-0.15, -0.1) is 0 Å². The lowest BCUT2D eigenvalue weighted by Gasteiger charge is -2.08. The van der Waals surface area contributed by atoms with E-state index in [9.17, 15) is 4.79 Å². The fraction of sp³-hybridized carbons (Fsp3) is 0.292. The molecule has 0 bridgehead atoms. The lowest BCUT2D eigenvalue weighted by atomic mass is 10.2. The van der Waals surface area contributed by atoms with Crippen LogP contribution >= 0.6 is 11.6 Å². The maximum absolute atomic E-state index is 13.0. The Bertz CT molecular complexity index is 1220. The molecule has 0 aliphatic carbocycles. The highest BCUT2D eigenvalue weighted by atomic mass is 35.5. The van der Waals surface area contributed by atoms with Crippen molar-refractivity contribution in [2.75, 3.05) is 12.3 Å². The molecule has 0 amide bonds. The van der Waals surface area contributed by atoms with Crippen LogP contribution in [0.2, 0.25) is 5.02 Å². The van der Waals surface area contributed by atoms with Crippen molar-refractivity contribution in [3.05, 3.63) is 64.7 Å². The molecule has 31 heavy (non-hydrogen) atoms. The van der Waals surface area contributed by atoms with Crippen LogP contribution in [0.5, 0.6) is 0 Å². The van der Waals surface area contributed by atoms with Crippen LogP contribution < -0.4 is 5.73 Å². The number of halogens is 1. The Morgan fingerprint density at radius 2 is 1.74 bits per heavy atom. The van der Waals surface area contributed by atoms with Crippen molar-refractivity contribution >= 4 is 45.6 Å². The van der Waals surface area contributed by atoms with Gasteiger partial charge in [-0.3, -0.25) is 0 Å². The van der Waals surface area contributed by atoms with Gasteiger partial charge in [0.05, 0.1) is 24.2 Å². The van der Waals surface area contributed by atoms with Crippen LogP contribution in [-0.2, 0) is 11.3 Å². The van der Waals surface area contributed by atoms with Crippen molar-refractivity contribution in [3.63, 3.8) is 0 Å². The fourth-order valence-corrected chi connectivity index (χ4v) is 3.74. The minimum Gasteiger partial charge on any atom is -0.462 e. The zero-order valence-electron chi connectivity index (χ0n) is 17.5. The molecule has 0 aliphatic rings. The van der Waals surface area contributed by atoms with Gasteiger partial charge in [0.25, 0.3) is 0 Å². The number of hydrogen-bond acceptors (Lipinski definition) is 5. The summed E-state index contributed by atoms with van der Waals surface area (Å²) in [6.07, 6.45) is 4.11. The minimum absolute atomic E-state index is 0.276. The molecule has 6 nitrogen and oxygen atoms in total. The molecule has 0 fully saturated rings. The van der Waals surface area contributed by atoms with Gasteiger partial charge in [-0.25, -0.2) is 14.8 Å². The quantitative estimate of drug-likeness (QED) is 0.287. The zero-order chi connectivity index (χ0) is 21.8. The topological polar surface area (TPSA) is 83.0 Å². The number of nitrogens with two attached hydrogens (primary N) is 1. The van der Waals surface area contributed by atoms with E-state index in [0.717, 1.165) is 36.8 Å². The highest BCUT2D eigenvalue weighted by Gasteiger charge is 2.25. The maximum atomic E-state index is 13.0. The predicted molar refractivity (Wildman–Crippen MR) is 124 cm³/mol. The largest absolute Gasteiger partial charge is 0.462 e. The second-order valence-electron chi connectivity index (χ2n) is 7.55. The van der Waals surface area contributed by atoms with Gasteiger partial charge in [0.1, 0.15) is 16.9 Å². The van der Waals surface area contributed by atoms with E-state index in [1.807, 2.05) is 53.1 Å². The average Bonchev–Trinajstić information content (AvgIpc) is 3.04. The van der Waals surface area contributed by atoms with E-state index >= 15 is 0 Å². The van der Waals surface area contributed by atoms with Gasteiger partial charge in [-0.1, -0.05) is 62.1 Å². The number of para-hydroxylation sites is 2. The number of carbonyl (C=O) groups excluding carboxylic acids is 1. The Balaban J connectivity index is 1.75. The Morgan fingerprint density at radius 1 is 1.03 bits per heavy atom. The summed E-state index contributed by atoms with van der Waals surface area (Å²) >= 11 is 6.02. The molecule has 0 unspecified atom stereocenters. The van der Waals surface area contributed by atoms with Gasteiger partial charge in [0, 0.05) is 5.02 Å². The Hall–Kier alpha value is -3.12. The number of hydrogen-bond donors (Lipinski definition) is 1. The summed E-state index contributed by atoms with van der Waals surface area (Å²) in [5.41, 5.74) is 10.2. The molecule has 0 aliphatic heterocycles. The molecule has 0 atom stereocenters. The van der Waals surface area contributed by atoms with Crippen molar-refractivity contribution in [2.24, 2.45) is 0 Å². The van der Waals surface area contributed by atoms with Crippen molar-refractivity contribution in [1.29, 1.82) is 0 Å². The molecule has 2 aromatic heterocycles. The molecule has 4 aromatic rings. The predicted octanol–water partition coefficient (Wildman–Crippen LogP) is 5.61. The molecule has 7 heteroatoms. The fourth-order valence-electron chi connectivity index (χ4n) is 3.62. The van der Waals surface area contributed by atoms with E-state index < -0.39 is 5.97 Å². The second kappa shape index (κ2) is 9.35. The number of fused-ring (bicyclic) bond motifs is 2. The van der Waals surface area contributed by atoms with Crippen LogP contribution in [0, 0.1) is 0 Å². The summed E-state index contributed by atoms with van der Waals surface area (Å²) in [5.74, 6) is -0.155. The number of benzene rings is 2.